The van der Waals surface area contributed by atoms with Crippen LogP contribution in [-0.2, 0) is 15.2 Å². The van der Waals surface area contributed by atoms with Crippen LogP contribution in [0.5, 0.6) is 0 Å². The standard InChI is InChI=1S/C15H28ClN2O3S/c1-14(2)9-12(10-15(3,4)18(14)19)17-22(20,21)13-7-5-11(16)6-8-13/h11-13,17H,5-10H2,1-4H3. The Hall–Kier alpha value is 0.120. The first kappa shape index (κ1) is 18.5. The third-order valence-electron chi connectivity index (χ3n) is 4.96. The van der Waals surface area contributed by atoms with E-state index in [1.54, 1.807) is 0 Å². The van der Waals surface area contributed by atoms with Crippen LogP contribution in [0, 0.1) is 0 Å². The van der Waals surface area contributed by atoms with Crippen molar-refractivity contribution in [1.82, 2.24) is 9.79 Å². The fourth-order valence-corrected chi connectivity index (χ4v) is 5.98. The lowest BCUT2D eigenvalue weighted by Gasteiger charge is -2.50. The van der Waals surface area contributed by atoms with Crippen molar-refractivity contribution < 1.29 is 13.6 Å². The van der Waals surface area contributed by atoms with Crippen molar-refractivity contribution in [1.29, 1.82) is 0 Å². The summed E-state index contributed by atoms with van der Waals surface area (Å²) in [5.41, 5.74) is -1.13. The summed E-state index contributed by atoms with van der Waals surface area (Å²) in [7, 11) is -3.35. The second kappa shape index (κ2) is 6.20. The lowest BCUT2D eigenvalue weighted by atomic mass is 9.79. The summed E-state index contributed by atoms with van der Waals surface area (Å²) in [6.07, 6.45) is 3.81. The highest BCUT2D eigenvalue weighted by molar-refractivity contribution is 7.90. The van der Waals surface area contributed by atoms with Crippen molar-refractivity contribution in [3.63, 3.8) is 0 Å². The summed E-state index contributed by atoms with van der Waals surface area (Å²) in [6, 6.07) is -0.186. The van der Waals surface area contributed by atoms with Gasteiger partial charge in [-0.3, -0.25) is 0 Å². The molecule has 1 heterocycles. The minimum atomic E-state index is -3.35. The Kier molecular flexibility index (Phi) is 5.21. The van der Waals surface area contributed by atoms with Crippen LogP contribution in [0.1, 0.15) is 66.2 Å². The largest absolute Gasteiger partial charge is 0.214 e. The second-order valence-electron chi connectivity index (χ2n) is 8.06. The molecule has 22 heavy (non-hydrogen) atoms. The molecule has 0 unspecified atom stereocenters. The van der Waals surface area contributed by atoms with Gasteiger partial charge in [0.15, 0.2) is 0 Å². The first-order chi connectivity index (χ1) is 9.94. The topological polar surface area (TPSA) is 69.3 Å². The highest BCUT2D eigenvalue weighted by atomic mass is 35.5. The number of hydrogen-bond acceptors (Lipinski definition) is 3. The van der Waals surface area contributed by atoms with Crippen LogP contribution in [-0.4, -0.2) is 41.2 Å². The number of hydrogen-bond donors (Lipinski definition) is 1. The Morgan fingerprint density at radius 2 is 1.45 bits per heavy atom. The van der Waals surface area contributed by atoms with Gasteiger partial charge in [-0.05, 0) is 66.2 Å². The number of hydroxylamine groups is 2. The Labute approximate surface area is 139 Å². The SMILES string of the molecule is CC1(C)CC(NS(=O)(=O)C2CCC(Cl)CC2)CC(C)(C)N1[O]. The van der Waals surface area contributed by atoms with Crippen LogP contribution in [0.2, 0.25) is 0 Å². The molecule has 0 aromatic carbocycles. The normalized spacial score (nSPS) is 33.7. The summed E-state index contributed by atoms with van der Waals surface area (Å²) >= 11 is 6.06. The van der Waals surface area contributed by atoms with Crippen molar-refractivity contribution in [2.24, 2.45) is 0 Å². The van der Waals surface area contributed by atoms with Crippen LogP contribution >= 0.6 is 11.6 Å². The van der Waals surface area contributed by atoms with Gasteiger partial charge in [0.2, 0.25) is 10.0 Å². The molecule has 0 amide bonds. The van der Waals surface area contributed by atoms with E-state index in [-0.39, 0.29) is 16.7 Å². The molecule has 2 aliphatic rings. The lowest BCUT2D eigenvalue weighted by Crippen LogP contribution is -2.62. The Balaban J connectivity index is 2.06. The molecule has 0 spiro atoms. The molecular formula is C15H28ClN2O3S. The van der Waals surface area contributed by atoms with E-state index in [0.29, 0.717) is 25.7 Å². The summed E-state index contributed by atoms with van der Waals surface area (Å²) in [4.78, 5) is 0. The van der Waals surface area contributed by atoms with Gasteiger partial charge < -0.3 is 0 Å². The minimum Gasteiger partial charge on any atom is -0.212 e. The molecule has 1 aliphatic carbocycles. The fourth-order valence-electron chi connectivity index (χ4n) is 4.01. The fraction of sp³-hybridized carbons (Fsp3) is 1.00. The monoisotopic (exact) mass is 351 g/mol. The van der Waals surface area contributed by atoms with Crippen LogP contribution < -0.4 is 4.72 Å². The van der Waals surface area contributed by atoms with Gasteiger partial charge in [-0.1, -0.05) is 0 Å². The average molecular weight is 352 g/mol. The minimum absolute atomic E-state index is 0.105. The van der Waals surface area contributed by atoms with E-state index in [4.69, 9.17) is 11.6 Å². The zero-order valence-electron chi connectivity index (χ0n) is 13.9. The van der Waals surface area contributed by atoms with E-state index < -0.39 is 21.1 Å². The van der Waals surface area contributed by atoms with E-state index in [1.807, 2.05) is 27.7 Å². The summed E-state index contributed by atoms with van der Waals surface area (Å²) < 4.78 is 28.1. The molecular weight excluding hydrogens is 324 g/mol. The number of nitrogens with one attached hydrogen (secondary N) is 1. The van der Waals surface area contributed by atoms with Crippen LogP contribution in [0.3, 0.4) is 0 Å². The zero-order valence-corrected chi connectivity index (χ0v) is 15.5. The predicted molar refractivity (Wildman–Crippen MR) is 87.7 cm³/mol. The molecule has 129 valence electrons. The number of alkyl halides is 1. The quantitative estimate of drug-likeness (QED) is 0.795. The predicted octanol–water partition coefficient (Wildman–Crippen LogP) is 2.82. The third kappa shape index (κ3) is 3.96. The molecule has 0 atom stereocenters. The molecule has 5 nitrogen and oxygen atoms in total. The average Bonchev–Trinajstić information content (AvgIpc) is 2.35. The van der Waals surface area contributed by atoms with Gasteiger partial charge in [-0.2, -0.15) is 0 Å². The first-order valence-electron chi connectivity index (χ1n) is 8.07. The van der Waals surface area contributed by atoms with Crippen molar-refractivity contribution in [2.75, 3.05) is 0 Å². The molecule has 1 radical (unpaired) electrons. The van der Waals surface area contributed by atoms with E-state index in [2.05, 4.69) is 4.72 Å². The Morgan fingerprint density at radius 3 is 1.91 bits per heavy atom. The molecule has 1 saturated carbocycles. The number of sulfonamides is 1. The third-order valence-corrected chi connectivity index (χ3v) is 7.41. The molecule has 7 heteroatoms. The molecule has 0 bridgehead atoms. The van der Waals surface area contributed by atoms with Crippen LogP contribution in [0.25, 0.3) is 0 Å². The van der Waals surface area contributed by atoms with Gasteiger partial charge in [0.05, 0.1) is 5.25 Å². The van der Waals surface area contributed by atoms with Crippen molar-refractivity contribution in [3.05, 3.63) is 0 Å². The van der Waals surface area contributed by atoms with Crippen molar-refractivity contribution >= 4 is 21.6 Å². The van der Waals surface area contributed by atoms with Gasteiger partial charge in [0.1, 0.15) is 0 Å². The smallest absolute Gasteiger partial charge is 0.212 e. The molecule has 2 fully saturated rings. The van der Waals surface area contributed by atoms with E-state index >= 15 is 0 Å². The number of nitrogens with zero attached hydrogens (tertiary/aromatic N) is 1. The molecule has 1 N–H and O–H groups in total. The number of piperidine rings is 1. The van der Waals surface area contributed by atoms with E-state index in [1.165, 1.54) is 0 Å². The van der Waals surface area contributed by atoms with Gasteiger partial charge in [0, 0.05) is 22.5 Å². The van der Waals surface area contributed by atoms with Gasteiger partial charge >= 0.3 is 0 Å². The van der Waals surface area contributed by atoms with Gasteiger partial charge in [-0.15, -0.1) is 21.9 Å². The molecule has 1 saturated heterocycles. The first-order valence-corrected chi connectivity index (χ1v) is 10.0. The van der Waals surface area contributed by atoms with Crippen LogP contribution in [0.15, 0.2) is 0 Å². The van der Waals surface area contributed by atoms with E-state index in [9.17, 15) is 13.6 Å². The molecule has 2 rings (SSSR count). The van der Waals surface area contributed by atoms with Crippen molar-refractivity contribution in [2.45, 2.75) is 94.0 Å². The van der Waals surface area contributed by atoms with E-state index in [0.717, 1.165) is 17.9 Å². The molecule has 0 aromatic heterocycles. The van der Waals surface area contributed by atoms with Gasteiger partial charge in [0.25, 0.3) is 0 Å². The van der Waals surface area contributed by atoms with Crippen LogP contribution in [0.4, 0.5) is 0 Å². The lowest BCUT2D eigenvalue weighted by molar-refractivity contribution is -0.289. The zero-order chi connectivity index (χ0) is 16.8. The second-order valence-corrected chi connectivity index (χ2v) is 10.7. The highest BCUT2D eigenvalue weighted by Gasteiger charge is 2.47. The summed E-state index contributed by atoms with van der Waals surface area (Å²) in [6.45, 7) is 7.50. The van der Waals surface area contributed by atoms with Gasteiger partial charge in [-0.25, -0.2) is 13.1 Å². The maximum atomic E-state index is 12.6. The molecule has 0 aromatic rings. The number of halogens is 1. The molecule has 1 aliphatic heterocycles. The summed E-state index contributed by atoms with van der Waals surface area (Å²) in [5.74, 6) is 0. The highest BCUT2D eigenvalue weighted by Crippen LogP contribution is 2.37. The summed E-state index contributed by atoms with van der Waals surface area (Å²) in [5, 5.41) is 13.2. The maximum absolute atomic E-state index is 12.6. The Morgan fingerprint density at radius 1 is 1.00 bits per heavy atom. The maximum Gasteiger partial charge on any atom is 0.214 e. The van der Waals surface area contributed by atoms with Crippen molar-refractivity contribution in [3.8, 4) is 0 Å². The number of rotatable bonds is 3. The Bertz CT molecular complexity index is 481.